The molecule has 2 amide bonds. The van der Waals surface area contributed by atoms with Crippen molar-refractivity contribution in [3.63, 3.8) is 0 Å². The number of nitrogens with two attached hydrogens (primary N) is 1. The third-order valence-corrected chi connectivity index (χ3v) is 1.49. The van der Waals surface area contributed by atoms with E-state index in [0.29, 0.717) is 6.29 Å². The fourth-order valence-corrected chi connectivity index (χ4v) is 0.538. The number of nitrogens with zero attached hydrogens (tertiary/aromatic N) is 1. The SMILES string of the molecule is CC(NC(=O)N(C)C)C(N)C=O.Cl. The van der Waals surface area contributed by atoms with Gasteiger partial charge in [-0.05, 0) is 6.92 Å². The first-order valence-electron chi connectivity index (χ1n) is 3.67. The largest absolute Gasteiger partial charge is 0.334 e. The lowest BCUT2D eigenvalue weighted by Crippen LogP contribution is -2.49. The van der Waals surface area contributed by atoms with Gasteiger partial charge in [0.25, 0.3) is 0 Å². The number of halogens is 1. The van der Waals surface area contributed by atoms with E-state index in [0.717, 1.165) is 0 Å². The van der Waals surface area contributed by atoms with E-state index in [4.69, 9.17) is 5.73 Å². The van der Waals surface area contributed by atoms with Crippen LogP contribution in [0.15, 0.2) is 0 Å². The molecule has 0 radical (unpaired) electrons. The first-order chi connectivity index (χ1) is 5.49. The molecule has 0 aliphatic rings. The van der Waals surface area contributed by atoms with Gasteiger partial charge < -0.3 is 20.7 Å². The van der Waals surface area contributed by atoms with Crippen LogP contribution in [0, 0.1) is 0 Å². The van der Waals surface area contributed by atoms with Gasteiger partial charge in [-0.3, -0.25) is 0 Å². The zero-order valence-electron chi connectivity index (χ0n) is 7.98. The molecule has 3 N–H and O–H groups in total. The minimum absolute atomic E-state index is 0. The van der Waals surface area contributed by atoms with Crippen molar-refractivity contribution in [1.82, 2.24) is 10.2 Å². The van der Waals surface area contributed by atoms with E-state index in [1.54, 1.807) is 21.0 Å². The number of aldehydes is 1. The molecule has 2 atom stereocenters. The summed E-state index contributed by atoms with van der Waals surface area (Å²) in [4.78, 5) is 22.6. The van der Waals surface area contributed by atoms with Gasteiger partial charge in [-0.25, -0.2) is 4.79 Å². The van der Waals surface area contributed by atoms with Crippen LogP contribution in [-0.4, -0.2) is 43.4 Å². The van der Waals surface area contributed by atoms with Crippen LogP contribution >= 0.6 is 12.4 Å². The lowest BCUT2D eigenvalue weighted by molar-refractivity contribution is -0.109. The minimum Gasteiger partial charge on any atom is -0.334 e. The third-order valence-electron chi connectivity index (χ3n) is 1.49. The van der Waals surface area contributed by atoms with Crippen molar-refractivity contribution in [2.24, 2.45) is 5.73 Å². The molecule has 0 bridgehead atoms. The van der Waals surface area contributed by atoms with E-state index in [2.05, 4.69) is 5.32 Å². The second-order valence-corrected chi connectivity index (χ2v) is 2.85. The van der Waals surface area contributed by atoms with Gasteiger partial charge >= 0.3 is 6.03 Å². The van der Waals surface area contributed by atoms with E-state index < -0.39 is 6.04 Å². The number of urea groups is 1. The fourth-order valence-electron chi connectivity index (χ4n) is 0.538. The Kier molecular flexibility index (Phi) is 7.55. The van der Waals surface area contributed by atoms with Gasteiger partial charge in [-0.1, -0.05) is 0 Å². The van der Waals surface area contributed by atoms with E-state index in [-0.39, 0.29) is 24.5 Å². The summed E-state index contributed by atoms with van der Waals surface area (Å²) in [5.74, 6) is 0. The Labute approximate surface area is 84.1 Å². The van der Waals surface area contributed by atoms with Gasteiger partial charge in [0.05, 0.1) is 6.04 Å². The quantitative estimate of drug-likeness (QED) is 0.621. The van der Waals surface area contributed by atoms with Gasteiger partial charge in [-0.2, -0.15) is 0 Å². The van der Waals surface area contributed by atoms with Crippen LogP contribution in [0.4, 0.5) is 4.79 Å². The highest BCUT2D eigenvalue weighted by Gasteiger charge is 2.14. The van der Waals surface area contributed by atoms with Crippen molar-refractivity contribution >= 4 is 24.7 Å². The second kappa shape index (κ2) is 6.68. The molecule has 0 saturated heterocycles. The van der Waals surface area contributed by atoms with Gasteiger partial charge in [0.1, 0.15) is 6.29 Å². The smallest absolute Gasteiger partial charge is 0.317 e. The van der Waals surface area contributed by atoms with Crippen molar-refractivity contribution in [1.29, 1.82) is 0 Å². The Morgan fingerprint density at radius 3 is 2.31 bits per heavy atom. The number of rotatable bonds is 3. The zero-order valence-corrected chi connectivity index (χ0v) is 8.80. The van der Waals surface area contributed by atoms with Crippen molar-refractivity contribution in [2.75, 3.05) is 14.1 Å². The molecule has 0 aromatic carbocycles. The van der Waals surface area contributed by atoms with Crippen LogP contribution in [0.25, 0.3) is 0 Å². The summed E-state index contributed by atoms with van der Waals surface area (Å²) < 4.78 is 0. The molecular weight excluding hydrogens is 194 g/mol. The minimum atomic E-state index is -0.645. The van der Waals surface area contributed by atoms with Gasteiger partial charge in [0, 0.05) is 20.1 Å². The molecule has 0 aromatic rings. The molecule has 5 nitrogen and oxygen atoms in total. The predicted octanol–water partition coefficient (Wildman–Crippen LogP) is -0.406. The highest BCUT2D eigenvalue weighted by Crippen LogP contribution is 1.87. The summed E-state index contributed by atoms with van der Waals surface area (Å²) in [6, 6.07) is -1.23. The van der Waals surface area contributed by atoms with Gasteiger partial charge in [0.15, 0.2) is 0 Å². The molecule has 2 unspecified atom stereocenters. The Morgan fingerprint density at radius 2 is 2.00 bits per heavy atom. The number of carbonyl (C=O) groups excluding carboxylic acids is 2. The fraction of sp³-hybridized carbons (Fsp3) is 0.714. The maximum atomic E-state index is 11.0. The molecule has 0 saturated carbocycles. The summed E-state index contributed by atoms with van der Waals surface area (Å²) in [7, 11) is 3.24. The highest BCUT2D eigenvalue weighted by atomic mass is 35.5. The summed E-state index contributed by atoms with van der Waals surface area (Å²) in [6.45, 7) is 1.68. The van der Waals surface area contributed by atoms with Crippen molar-refractivity contribution in [3.8, 4) is 0 Å². The summed E-state index contributed by atoms with van der Waals surface area (Å²) >= 11 is 0. The number of carbonyl (C=O) groups is 2. The van der Waals surface area contributed by atoms with Crippen molar-refractivity contribution in [2.45, 2.75) is 19.0 Å². The Bertz CT molecular complexity index is 175. The average molecular weight is 210 g/mol. The molecule has 13 heavy (non-hydrogen) atoms. The van der Waals surface area contributed by atoms with Crippen LogP contribution in [0.5, 0.6) is 0 Å². The Balaban J connectivity index is 0. The number of amides is 2. The Morgan fingerprint density at radius 1 is 1.54 bits per heavy atom. The molecule has 0 rings (SSSR count). The third kappa shape index (κ3) is 5.43. The molecule has 6 heteroatoms. The first-order valence-corrected chi connectivity index (χ1v) is 3.67. The van der Waals surface area contributed by atoms with E-state index >= 15 is 0 Å². The molecule has 0 fully saturated rings. The average Bonchev–Trinajstić information content (AvgIpc) is 2.02. The second-order valence-electron chi connectivity index (χ2n) is 2.85. The molecule has 0 aliphatic heterocycles. The lowest BCUT2D eigenvalue weighted by Gasteiger charge is -2.19. The summed E-state index contributed by atoms with van der Waals surface area (Å²) in [5.41, 5.74) is 5.36. The van der Waals surface area contributed by atoms with E-state index in [9.17, 15) is 9.59 Å². The predicted molar refractivity (Wildman–Crippen MR) is 53.0 cm³/mol. The van der Waals surface area contributed by atoms with Crippen LogP contribution in [-0.2, 0) is 4.79 Å². The lowest BCUT2D eigenvalue weighted by atomic mass is 10.2. The standard InChI is InChI=1S/C7H15N3O2.ClH/c1-5(6(8)4-11)9-7(12)10(2)3;/h4-6H,8H2,1-3H3,(H,9,12);1H. The van der Waals surface area contributed by atoms with Crippen LogP contribution in [0.3, 0.4) is 0 Å². The summed E-state index contributed by atoms with van der Waals surface area (Å²) in [5, 5.41) is 2.56. The molecular formula is C7H16ClN3O2. The van der Waals surface area contributed by atoms with E-state index in [1.165, 1.54) is 4.90 Å². The summed E-state index contributed by atoms with van der Waals surface area (Å²) in [6.07, 6.45) is 0.612. The van der Waals surface area contributed by atoms with Crippen molar-refractivity contribution in [3.05, 3.63) is 0 Å². The monoisotopic (exact) mass is 209 g/mol. The van der Waals surface area contributed by atoms with E-state index in [1.807, 2.05) is 0 Å². The molecule has 0 aliphatic carbocycles. The number of hydrogen-bond donors (Lipinski definition) is 2. The first kappa shape index (κ1) is 14.7. The van der Waals surface area contributed by atoms with Crippen LogP contribution < -0.4 is 11.1 Å². The Hall–Kier alpha value is -0.810. The maximum Gasteiger partial charge on any atom is 0.317 e. The van der Waals surface area contributed by atoms with Gasteiger partial charge in [0.2, 0.25) is 0 Å². The van der Waals surface area contributed by atoms with Crippen LogP contribution in [0.1, 0.15) is 6.92 Å². The van der Waals surface area contributed by atoms with Crippen molar-refractivity contribution < 1.29 is 9.59 Å². The molecule has 0 aromatic heterocycles. The topological polar surface area (TPSA) is 75.4 Å². The zero-order chi connectivity index (χ0) is 9.72. The molecule has 0 heterocycles. The van der Waals surface area contributed by atoms with Crippen LogP contribution in [0.2, 0.25) is 0 Å². The highest BCUT2D eigenvalue weighted by molar-refractivity contribution is 5.85. The number of hydrogen-bond acceptors (Lipinski definition) is 3. The van der Waals surface area contributed by atoms with Gasteiger partial charge in [-0.15, -0.1) is 12.4 Å². The molecule has 78 valence electrons. The normalized spacial score (nSPS) is 13.5. The number of nitrogens with one attached hydrogen (secondary N) is 1. The maximum absolute atomic E-state index is 11.0. The molecule has 0 spiro atoms.